The highest BCUT2D eigenvalue weighted by Gasteiger charge is 2.39. The summed E-state index contributed by atoms with van der Waals surface area (Å²) in [4.78, 5) is 152. The Kier molecular flexibility index (Phi) is 29.2. The molecule has 3 rings (SSSR count). The van der Waals surface area contributed by atoms with Crippen LogP contribution in [0.2, 0.25) is 0 Å². The Hall–Kier alpha value is -7.12. The summed E-state index contributed by atoms with van der Waals surface area (Å²) in [6, 6.07) is 1.03. The molecule has 8 amide bonds. The lowest BCUT2D eigenvalue weighted by atomic mass is 9.81. The number of phenolic OH excluding ortho intramolecular Hbond substituents is 1. The molecule has 0 saturated heterocycles. The number of carboxylic acids is 1. The number of benzene rings is 1. The van der Waals surface area contributed by atoms with Gasteiger partial charge < -0.3 is 51.2 Å². The molecule has 0 fully saturated rings. The number of amides is 8. The number of rotatable bonds is 38. The van der Waals surface area contributed by atoms with Crippen molar-refractivity contribution in [1.29, 1.82) is 0 Å². The summed E-state index contributed by atoms with van der Waals surface area (Å²) in [5.41, 5.74) is -1.51. The summed E-state index contributed by atoms with van der Waals surface area (Å²) < 4.78 is 11.9. The van der Waals surface area contributed by atoms with Gasteiger partial charge in [0, 0.05) is 93.7 Å². The van der Waals surface area contributed by atoms with Crippen LogP contribution in [0.1, 0.15) is 175 Å². The number of anilines is 1. The van der Waals surface area contributed by atoms with E-state index in [0.29, 0.717) is 31.4 Å². The Morgan fingerprint density at radius 1 is 0.831 bits per heavy atom. The molecular weight excluding hydrogens is 1170 g/mol. The van der Waals surface area contributed by atoms with Crippen LogP contribution in [0.4, 0.5) is 5.69 Å². The molecule has 89 heavy (non-hydrogen) atoms. The van der Waals surface area contributed by atoms with Crippen molar-refractivity contribution in [2.75, 3.05) is 52.8 Å². The first-order valence-electron chi connectivity index (χ1n) is 30.6. The number of carbonyl (C=O) groups is 11. The van der Waals surface area contributed by atoms with Crippen molar-refractivity contribution in [2.24, 2.45) is 34.5 Å². The standard InChI is InChI=1S/C64H99N9O15S/c1-18-38(5)54(70-61(86)63(12,13)71(15)16)59(83)72(17)48(37(3)4)31-50(88-42(9)74)58-69-47(33-89-58)57(82)67-44(27-40(7)60(84)85)29-43-22-23-49(76)46(30-43)68-56(81)41(8)66-55(80)39(6)28-45(75)32-64(14,19-2)36-87-35-62(10,11)34-65-51(77)21-20-26-73-52(78)24-25-53(73)79/h22-25,30,33,37-41,44,48,50,54,76H,18-21,26-29,31-32,34-36H2,1-17H3,(H,65,77)(H,66,80)(H,67,82)(H,68,81)(H,70,86)(H,84,85)/t38-,39+,40-,41-,44+,48+,50+,54-,64?/m0/s1. The Bertz CT molecular complexity index is 2850. The smallest absolute Gasteiger partial charge is 0.306 e. The molecule has 0 radical (unpaired) electrons. The Morgan fingerprint density at radius 2 is 1.47 bits per heavy atom. The van der Waals surface area contributed by atoms with Gasteiger partial charge in [0.25, 0.3) is 17.7 Å². The molecule has 0 saturated carbocycles. The van der Waals surface area contributed by atoms with Gasteiger partial charge in [-0.2, -0.15) is 0 Å². The van der Waals surface area contributed by atoms with Crippen molar-refractivity contribution in [2.45, 2.75) is 191 Å². The molecule has 1 unspecified atom stereocenters. The van der Waals surface area contributed by atoms with Crippen LogP contribution in [0, 0.1) is 34.5 Å². The molecular formula is C64H99N9O15S. The molecule has 7 N–H and O–H groups in total. The molecule has 24 nitrogen and oxygen atoms in total. The van der Waals surface area contributed by atoms with Crippen LogP contribution in [-0.2, 0) is 63.8 Å². The van der Waals surface area contributed by atoms with Gasteiger partial charge >= 0.3 is 11.9 Å². The third-order valence-electron chi connectivity index (χ3n) is 16.6. The summed E-state index contributed by atoms with van der Waals surface area (Å²) in [6.45, 7) is 25.6. The van der Waals surface area contributed by atoms with Crippen molar-refractivity contribution in [3.63, 3.8) is 0 Å². The molecule has 496 valence electrons. The second-order valence-corrected chi connectivity index (χ2v) is 26.9. The number of ketones is 1. The molecule has 9 atom stereocenters. The van der Waals surface area contributed by atoms with E-state index in [0.717, 1.165) is 16.2 Å². The Labute approximate surface area is 528 Å². The first-order valence-corrected chi connectivity index (χ1v) is 31.5. The lowest BCUT2D eigenvalue weighted by Crippen LogP contribution is -2.60. The average Bonchev–Trinajstić information content (AvgIpc) is 2.30. The summed E-state index contributed by atoms with van der Waals surface area (Å²) in [6.07, 6.45) is 3.19. The van der Waals surface area contributed by atoms with Crippen molar-refractivity contribution in [3.8, 4) is 5.75 Å². The van der Waals surface area contributed by atoms with Crippen LogP contribution in [0.3, 0.4) is 0 Å². The molecule has 1 aromatic heterocycles. The fourth-order valence-corrected chi connectivity index (χ4v) is 10.6. The molecule has 25 heteroatoms. The van der Waals surface area contributed by atoms with Crippen LogP contribution in [0.5, 0.6) is 5.75 Å². The summed E-state index contributed by atoms with van der Waals surface area (Å²) in [5, 5.41) is 36.6. The normalized spacial score (nSPS) is 16.1. The predicted octanol–water partition coefficient (Wildman–Crippen LogP) is 6.36. The fourth-order valence-electron chi connectivity index (χ4n) is 9.72. The number of esters is 1. The van der Waals surface area contributed by atoms with Gasteiger partial charge in [-0.1, -0.05) is 81.7 Å². The Balaban J connectivity index is 1.65. The zero-order valence-corrected chi connectivity index (χ0v) is 56.1. The number of hydrogen-bond acceptors (Lipinski definition) is 17. The number of Topliss-reactive ketones (excluding diaryl/α,β-unsaturated/α-hetero) is 1. The average molecular weight is 1270 g/mol. The SMILES string of the molecule is CC[C@H](C)[C@H](NC(=O)C(C)(C)N(C)C)C(=O)N(C)[C@H](C[C@@H](OC(C)=O)c1nc(C(=O)N[C@@H](Cc2ccc(O)c(NC(=O)[C@H](C)NC(=O)[C@H](C)CC(=O)CC(C)(CC)COCC(C)(C)CNC(=O)CCCN3C(=O)C=CC3=O)c2)C[C@H](C)C(=O)O)cs1)C(C)C. The second kappa shape index (κ2) is 34.2. The number of ether oxygens (including phenoxy) is 2. The highest BCUT2D eigenvalue weighted by molar-refractivity contribution is 7.09. The first-order chi connectivity index (χ1) is 41.3. The van der Waals surface area contributed by atoms with Crippen LogP contribution < -0.4 is 26.6 Å². The number of aliphatic carboxylic acids is 1. The first kappa shape index (κ1) is 76.1. The summed E-state index contributed by atoms with van der Waals surface area (Å²) in [5.74, 6) is -7.88. The van der Waals surface area contributed by atoms with Crippen LogP contribution in [0.15, 0.2) is 35.7 Å². The zero-order chi connectivity index (χ0) is 67.5. The maximum Gasteiger partial charge on any atom is 0.306 e. The van der Waals surface area contributed by atoms with Crippen LogP contribution >= 0.6 is 11.3 Å². The minimum Gasteiger partial charge on any atom is -0.506 e. The number of aromatic nitrogens is 1. The molecule has 1 aromatic carbocycles. The van der Waals surface area contributed by atoms with Gasteiger partial charge in [0.2, 0.25) is 29.5 Å². The molecule has 0 bridgehead atoms. The maximum absolute atomic E-state index is 14.3. The minimum atomic E-state index is -1.12. The molecule has 0 spiro atoms. The topological polar surface area (TPSA) is 329 Å². The van der Waals surface area contributed by atoms with Crippen molar-refractivity contribution in [1.82, 2.24) is 41.0 Å². The largest absolute Gasteiger partial charge is 0.506 e. The highest BCUT2D eigenvalue weighted by atomic mass is 32.1. The van der Waals surface area contributed by atoms with Crippen LogP contribution in [-0.4, -0.2) is 172 Å². The van der Waals surface area contributed by atoms with Crippen molar-refractivity contribution >= 4 is 82.0 Å². The number of hydrogen-bond donors (Lipinski definition) is 7. The molecule has 1 aliphatic rings. The zero-order valence-electron chi connectivity index (χ0n) is 55.3. The van der Waals surface area contributed by atoms with Crippen molar-refractivity contribution < 1.29 is 72.4 Å². The lowest BCUT2D eigenvalue weighted by molar-refractivity contribution is -0.149. The summed E-state index contributed by atoms with van der Waals surface area (Å²) >= 11 is 1.07. The van der Waals surface area contributed by atoms with E-state index in [2.05, 4.69) is 31.6 Å². The van der Waals surface area contributed by atoms with E-state index in [-0.39, 0.29) is 116 Å². The quantitative estimate of drug-likeness (QED) is 0.0218. The van der Waals surface area contributed by atoms with E-state index >= 15 is 0 Å². The number of carbonyl (C=O) groups excluding carboxylic acids is 10. The number of nitrogens with zero attached hydrogens (tertiary/aromatic N) is 4. The van der Waals surface area contributed by atoms with E-state index in [4.69, 9.17) is 9.47 Å². The Morgan fingerprint density at radius 3 is 2.04 bits per heavy atom. The van der Waals surface area contributed by atoms with Gasteiger partial charge in [-0.05, 0) is 95.5 Å². The molecule has 2 heterocycles. The third-order valence-corrected chi connectivity index (χ3v) is 17.6. The van der Waals surface area contributed by atoms with Gasteiger partial charge in [-0.3, -0.25) is 62.5 Å². The fraction of sp³-hybridized carbons (Fsp3) is 0.656. The van der Waals surface area contributed by atoms with E-state index in [1.807, 2.05) is 55.4 Å². The van der Waals surface area contributed by atoms with E-state index in [9.17, 15) is 63.0 Å². The van der Waals surface area contributed by atoms with Gasteiger partial charge in [0.1, 0.15) is 34.3 Å². The number of likely N-dealkylation sites (N-methyl/N-ethyl adjacent to an activating group) is 2. The third kappa shape index (κ3) is 23.6. The van der Waals surface area contributed by atoms with Gasteiger partial charge in [-0.15, -0.1) is 11.3 Å². The van der Waals surface area contributed by atoms with E-state index in [1.54, 1.807) is 57.8 Å². The number of aromatic hydroxyl groups is 1. The van der Waals surface area contributed by atoms with Gasteiger partial charge in [0.05, 0.1) is 30.4 Å². The van der Waals surface area contributed by atoms with Crippen molar-refractivity contribution in [3.05, 3.63) is 52.0 Å². The highest BCUT2D eigenvalue weighted by Crippen LogP contribution is 2.33. The maximum atomic E-state index is 14.3. The number of phenols is 1. The number of carboxylic acid groups (broad SMARTS) is 1. The van der Waals surface area contributed by atoms with E-state index in [1.165, 1.54) is 50.4 Å². The number of nitrogens with one attached hydrogen (secondary N) is 5. The number of thiazole rings is 1. The second-order valence-electron chi connectivity index (χ2n) is 26.1. The van der Waals surface area contributed by atoms with Crippen LogP contribution in [0.25, 0.3) is 0 Å². The monoisotopic (exact) mass is 1270 g/mol. The molecule has 2 aromatic rings. The molecule has 1 aliphatic heterocycles. The predicted molar refractivity (Wildman–Crippen MR) is 337 cm³/mol. The number of imide groups is 1. The minimum absolute atomic E-state index is 0.0238. The lowest BCUT2D eigenvalue weighted by Gasteiger charge is -2.38. The van der Waals surface area contributed by atoms with Gasteiger partial charge in [-0.25, -0.2) is 4.98 Å². The van der Waals surface area contributed by atoms with E-state index < -0.39 is 100.0 Å². The summed E-state index contributed by atoms with van der Waals surface area (Å²) in [7, 11) is 5.21. The molecule has 0 aliphatic carbocycles. The van der Waals surface area contributed by atoms with Gasteiger partial charge in [0.15, 0.2) is 6.10 Å².